The molecule has 0 unspecified atom stereocenters. The molecule has 0 radical (unpaired) electrons. The number of imidazole rings is 1. The Morgan fingerprint density at radius 1 is 1.53 bits per heavy atom. The van der Waals surface area contributed by atoms with Crippen molar-refractivity contribution in [2.24, 2.45) is 10.9 Å². The van der Waals surface area contributed by atoms with Gasteiger partial charge in [0, 0.05) is 18.0 Å². The minimum Gasteiger partial charge on any atom is -0.492 e. The quantitative estimate of drug-likeness (QED) is 0.368. The molecule has 1 aromatic heterocycles. The first-order valence-corrected chi connectivity index (χ1v) is 5.89. The lowest BCUT2D eigenvalue weighted by molar-refractivity contribution is 0.297. The number of benzene rings is 1. The number of hydrogen-bond acceptors (Lipinski definition) is 4. The van der Waals surface area contributed by atoms with Gasteiger partial charge in [-0.15, -0.1) is 0 Å². The number of ether oxygens (including phenoxy) is 1. The van der Waals surface area contributed by atoms with Crippen LogP contribution in [0, 0.1) is 6.92 Å². The lowest BCUT2D eigenvalue weighted by Gasteiger charge is -2.09. The van der Waals surface area contributed by atoms with Crippen LogP contribution in [-0.4, -0.2) is 27.2 Å². The lowest BCUT2D eigenvalue weighted by atomic mass is 10.2. The maximum absolute atomic E-state index is 8.62. The Bertz CT molecular complexity index is 578. The Hall–Kier alpha value is -2.50. The molecule has 0 aliphatic carbocycles. The molecule has 2 rings (SSSR count). The normalized spacial score (nSPS) is 11.5. The number of oxime groups is 1. The molecule has 0 saturated heterocycles. The van der Waals surface area contributed by atoms with Crippen molar-refractivity contribution >= 4 is 5.84 Å². The molecule has 0 aliphatic rings. The fourth-order valence-electron chi connectivity index (χ4n) is 1.70. The fraction of sp³-hybridized carbons (Fsp3) is 0.231. The first kappa shape index (κ1) is 12.9. The predicted octanol–water partition coefficient (Wildman–Crippen LogP) is 1.37. The van der Waals surface area contributed by atoms with Crippen LogP contribution in [-0.2, 0) is 6.54 Å². The predicted molar refractivity (Wildman–Crippen MR) is 71.4 cm³/mol. The van der Waals surface area contributed by atoms with E-state index in [4.69, 9.17) is 15.7 Å². The van der Waals surface area contributed by atoms with E-state index in [-0.39, 0.29) is 5.84 Å². The summed E-state index contributed by atoms with van der Waals surface area (Å²) in [6.45, 7) is 3.19. The molecule has 0 aliphatic heterocycles. The first-order valence-electron chi connectivity index (χ1n) is 5.89. The van der Waals surface area contributed by atoms with Crippen LogP contribution >= 0.6 is 0 Å². The van der Waals surface area contributed by atoms with Gasteiger partial charge in [0.2, 0.25) is 0 Å². The molecular formula is C13H16N4O2. The van der Waals surface area contributed by atoms with Crippen LogP contribution in [0.25, 0.3) is 0 Å². The van der Waals surface area contributed by atoms with Gasteiger partial charge in [-0.1, -0.05) is 17.3 Å². The Kier molecular flexibility index (Phi) is 4.02. The van der Waals surface area contributed by atoms with Gasteiger partial charge in [-0.25, -0.2) is 4.98 Å². The third-order valence-corrected chi connectivity index (χ3v) is 2.76. The van der Waals surface area contributed by atoms with Gasteiger partial charge in [-0.05, 0) is 19.1 Å². The van der Waals surface area contributed by atoms with Crippen molar-refractivity contribution in [1.29, 1.82) is 0 Å². The van der Waals surface area contributed by atoms with E-state index >= 15 is 0 Å². The highest BCUT2D eigenvalue weighted by Crippen LogP contribution is 2.13. The monoisotopic (exact) mass is 260 g/mol. The Balaban J connectivity index is 1.95. The van der Waals surface area contributed by atoms with Crippen LogP contribution in [0.15, 0.2) is 41.8 Å². The summed E-state index contributed by atoms with van der Waals surface area (Å²) < 4.78 is 7.64. The minimum absolute atomic E-state index is 0.0657. The van der Waals surface area contributed by atoms with Crippen molar-refractivity contribution < 1.29 is 9.94 Å². The second-order valence-electron chi connectivity index (χ2n) is 4.03. The molecule has 19 heavy (non-hydrogen) atoms. The zero-order valence-electron chi connectivity index (χ0n) is 10.7. The summed E-state index contributed by atoms with van der Waals surface area (Å²) in [5.41, 5.74) is 6.14. The number of hydrogen-bond donors (Lipinski definition) is 2. The molecule has 0 atom stereocenters. The standard InChI is InChI=1S/C13H16N4O2/c1-10-15-5-6-17(10)7-8-19-12-4-2-3-11(9-12)13(14)16-18/h2-6,9,18H,7-8H2,1H3,(H2,14,16). The van der Waals surface area contributed by atoms with E-state index in [1.807, 2.05) is 23.8 Å². The maximum Gasteiger partial charge on any atom is 0.170 e. The third-order valence-electron chi connectivity index (χ3n) is 2.76. The van der Waals surface area contributed by atoms with Crippen LogP contribution in [0.5, 0.6) is 5.75 Å². The van der Waals surface area contributed by atoms with Gasteiger partial charge < -0.3 is 20.2 Å². The van der Waals surface area contributed by atoms with Crippen LogP contribution in [0.2, 0.25) is 0 Å². The molecule has 0 fully saturated rings. The minimum atomic E-state index is 0.0657. The zero-order chi connectivity index (χ0) is 13.7. The number of nitrogens with zero attached hydrogens (tertiary/aromatic N) is 3. The van der Waals surface area contributed by atoms with E-state index in [1.165, 1.54) is 0 Å². The largest absolute Gasteiger partial charge is 0.492 e. The number of aromatic nitrogens is 2. The van der Waals surface area contributed by atoms with Gasteiger partial charge in [-0.2, -0.15) is 0 Å². The van der Waals surface area contributed by atoms with E-state index < -0.39 is 0 Å². The second-order valence-corrected chi connectivity index (χ2v) is 4.03. The average Bonchev–Trinajstić information content (AvgIpc) is 2.84. The highest BCUT2D eigenvalue weighted by molar-refractivity contribution is 5.97. The molecular weight excluding hydrogens is 244 g/mol. The second kappa shape index (κ2) is 5.90. The molecule has 1 aromatic carbocycles. The summed E-state index contributed by atoms with van der Waals surface area (Å²) in [7, 11) is 0. The van der Waals surface area contributed by atoms with Crippen molar-refractivity contribution in [3.8, 4) is 5.75 Å². The van der Waals surface area contributed by atoms with E-state index in [9.17, 15) is 0 Å². The first-order chi connectivity index (χ1) is 9.20. The number of aryl methyl sites for hydroxylation is 1. The van der Waals surface area contributed by atoms with Crippen molar-refractivity contribution in [2.75, 3.05) is 6.61 Å². The van der Waals surface area contributed by atoms with E-state index in [1.54, 1.807) is 24.4 Å². The molecule has 0 spiro atoms. The number of rotatable bonds is 5. The molecule has 0 bridgehead atoms. The van der Waals surface area contributed by atoms with E-state index in [0.717, 1.165) is 12.4 Å². The zero-order valence-corrected chi connectivity index (χ0v) is 10.7. The smallest absolute Gasteiger partial charge is 0.170 e. The summed E-state index contributed by atoms with van der Waals surface area (Å²) in [4.78, 5) is 4.14. The van der Waals surface area contributed by atoms with Crippen molar-refractivity contribution in [3.63, 3.8) is 0 Å². The highest BCUT2D eigenvalue weighted by atomic mass is 16.5. The molecule has 2 aromatic rings. The van der Waals surface area contributed by atoms with Gasteiger partial charge >= 0.3 is 0 Å². The molecule has 0 amide bonds. The van der Waals surface area contributed by atoms with Gasteiger partial charge in [0.15, 0.2) is 5.84 Å². The fourth-order valence-corrected chi connectivity index (χ4v) is 1.70. The highest BCUT2D eigenvalue weighted by Gasteiger charge is 2.02. The molecule has 3 N–H and O–H groups in total. The summed E-state index contributed by atoms with van der Waals surface area (Å²) in [5, 5.41) is 11.6. The van der Waals surface area contributed by atoms with E-state index in [2.05, 4.69) is 10.1 Å². The van der Waals surface area contributed by atoms with Gasteiger partial charge in [-0.3, -0.25) is 0 Å². The maximum atomic E-state index is 8.62. The Labute approximate surface area is 111 Å². The van der Waals surface area contributed by atoms with Crippen LogP contribution < -0.4 is 10.5 Å². The summed E-state index contributed by atoms with van der Waals surface area (Å²) in [6, 6.07) is 7.11. The number of amidine groups is 1. The Morgan fingerprint density at radius 2 is 2.37 bits per heavy atom. The molecule has 0 saturated carbocycles. The van der Waals surface area contributed by atoms with Crippen LogP contribution in [0.4, 0.5) is 0 Å². The van der Waals surface area contributed by atoms with Crippen molar-refractivity contribution in [3.05, 3.63) is 48.0 Å². The SMILES string of the molecule is Cc1nccn1CCOc1cccc(/C(N)=N/O)c1. The molecule has 1 heterocycles. The summed E-state index contributed by atoms with van der Waals surface area (Å²) in [5.74, 6) is 1.70. The molecule has 100 valence electrons. The third kappa shape index (κ3) is 3.25. The lowest BCUT2D eigenvalue weighted by Crippen LogP contribution is -2.13. The van der Waals surface area contributed by atoms with Gasteiger partial charge in [0.1, 0.15) is 18.2 Å². The summed E-state index contributed by atoms with van der Waals surface area (Å²) >= 11 is 0. The van der Waals surface area contributed by atoms with Gasteiger partial charge in [0.25, 0.3) is 0 Å². The summed E-state index contributed by atoms with van der Waals surface area (Å²) in [6.07, 6.45) is 3.67. The van der Waals surface area contributed by atoms with Crippen LogP contribution in [0.3, 0.4) is 0 Å². The van der Waals surface area contributed by atoms with E-state index in [0.29, 0.717) is 17.9 Å². The van der Waals surface area contributed by atoms with Crippen LogP contribution in [0.1, 0.15) is 11.4 Å². The van der Waals surface area contributed by atoms with Crippen molar-refractivity contribution in [2.45, 2.75) is 13.5 Å². The number of nitrogens with two attached hydrogens (primary N) is 1. The van der Waals surface area contributed by atoms with Gasteiger partial charge in [0.05, 0.1) is 6.54 Å². The van der Waals surface area contributed by atoms with Crippen molar-refractivity contribution in [1.82, 2.24) is 9.55 Å². The molecule has 6 nitrogen and oxygen atoms in total. The average molecular weight is 260 g/mol. The topological polar surface area (TPSA) is 85.7 Å². The molecule has 6 heteroatoms. The Morgan fingerprint density at radius 3 is 3.05 bits per heavy atom.